The number of thioether (sulfide) groups is 1. The lowest BCUT2D eigenvalue weighted by Gasteiger charge is -2.12. The molecule has 1 aromatic rings. The van der Waals surface area contributed by atoms with E-state index in [0.717, 1.165) is 11.8 Å². The molecule has 0 heterocycles. The van der Waals surface area contributed by atoms with Gasteiger partial charge < -0.3 is 5.11 Å². The summed E-state index contributed by atoms with van der Waals surface area (Å²) in [4.78, 5) is 11.5. The SMILES string of the molecule is C=C(C(=O)SCC)[C@@H](O)c1ccccc1. The summed E-state index contributed by atoms with van der Waals surface area (Å²) in [6.45, 7) is 5.52. The molecule has 3 heteroatoms. The molecule has 0 spiro atoms. The summed E-state index contributed by atoms with van der Waals surface area (Å²) in [7, 11) is 0. The topological polar surface area (TPSA) is 37.3 Å². The van der Waals surface area contributed by atoms with Gasteiger partial charge in [-0.2, -0.15) is 0 Å². The van der Waals surface area contributed by atoms with E-state index in [1.165, 1.54) is 0 Å². The van der Waals surface area contributed by atoms with Crippen molar-refractivity contribution in [2.45, 2.75) is 13.0 Å². The lowest BCUT2D eigenvalue weighted by atomic mass is 10.0. The van der Waals surface area contributed by atoms with Gasteiger partial charge in [0, 0.05) is 5.57 Å². The number of hydrogen-bond donors (Lipinski definition) is 1. The molecule has 0 amide bonds. The Kier molecular flexibility index (Phi) is 4.59. The summed E-state index contributed by atoms with van der Waals surface area (Å²) >= 11 is 1.16. The molecule has 0 aliphatic heterocycles. The average molecular weight is 222 g/mol. The van der Waals surface area contributed by atoms with Gasteiger partial charge in [-0.05, 0) is 11.3 Å². The van der Waals surface area contributed by atoms with Crippen molar-refractivity contribution in [2.75, 3.05) is 5.75 Å². The van der Waals surface area contributed by atoms with E-state index in [1.807, 2.05) is 25.1 Å². The highest BCUT2D eigenvalue weighted by atomic mass is 32.2. The Balaban J connectivity index is 2.73. The van der Waals surface area contributed by atoms with Crippen molar-refractivity contribution in [2.24, 2.45) is 0 Å². The number of hydrogen-bond acceptors (Lipinski definition) is 3. The molecule has 1 atom stereocenters. The molecule has 0 saturated heterocycles. The van der Waals surface area contributed by atoms with Gasteiger partial charge in [0.1, 0.15) is 6.10 Å². The van der Waals surface area contributed by atoms with Crippen LogP contribution in [0, 0.1) is 0 Å². The first-order chi connectivity index (χ1) is 7.16. The molecule has 1 rings (SSSR count). The molecule has 1 aromatic carbocycles. The van der Waals surface area contributed by atoms with Gasteiger partial charge in [0.15, 0.2) is 0 Å². The van der Waals surface area contributed by atoms with E-state index in [2.05, 4.69) is 6.58 Å². The molecule has 0 bridgehead atoms. The summed E-state index contributed by atoms with van der Waals surface area (Å²) in [5.74, 6) is 0.694. The molecule has 0 saturated carbocycles. The van der Waals surface area contributed by atoms with Crippen LogP contribution in [0.5, 0.6) is 0 Å². The maximum Gasteiger partial charge on any atom is 0.217 e. The maximum absolute atomic E-state index is 11.5. The van der Waals surface area contributed by atoms with Gasteiger partial charge in [-0.25, -0.2) is 0 Å². The fraction of sp³-hybridized carbons (Fsp3) is 0.250. The van der Waals surface area contributed by atoms with Crippen molar-refractivity contribution < 1.29 is 9.90 Å². The van der Waals surface area contributed by atoms with E-state index in [9.17, 15) is 9.90 Å². The molecule has 0 aliphatic carbocycles. The summed E-state index contributed by atoms with van der Waals surface area (Å²) in [5, 5.41) is 9.71. The van der Waals surface area contributed by atoms with E-state index >= 15 is 0 Å². The monoisotopic (exact) mass is 222 g/mol. The zero-order chi connectivity index (χ0) is 11.3. The Morgan fingerprint density at radius 3 is 2.60 bits per heavy atom. The standard InChI is InChI=1S/C12H14O2S/c1-3-15-12(14)9(2)11(13)10-7-5-4-6-8-10/h4-8,11,13H,2-3H2,1H3/t11-/m1/s1. The van der Waals surface area contributed by atoms with Crippen LogP contribution >= 0.6 is 11.8 Å². The van der Waals surface area contributed by atoms with Crippen LogP contribution in [-0.2, 0) is 4.79 Å². The Hall–Kier alpha value is -1.06. The zero-order valence-corrected chi connectivity index (χ0v) is 9.46. The molecular weight excluding hydrogens is 208 g/mol. The Labute approximate surface area is 94.0 Å². The van der Waals surface area contributed by atoms with Crippen molar-refractivity contribution in [1.29, 1.82) is 0 Å². The second-order valence-corrected chi connectivity index (χ2v) is 4.30. The number of rotatable bonds is 4. The van der Waals surface area contributed by atoms with Crippen molar-refractivity contribution in [3.63, 3.8) is 0 Å². The first-order valence-corrected chi connectivity index (χ1v) is 5.74. The molecule has 0 unspecified atom stereocenters. The first-order valence-electron chi connectivity index (χ1n) is 4.75. The van der Waals surface area contributed by atoms with Crippen molar-refractivity contribution in [3.05, 3.63) is 48.0 Å². The van der Waals surface area contributed by atoms with Crippen LogP contribution in [0.15, 0.2) is 42.5 Å². The van der Waals surface area contributed by atoms with Crippen LogP contribution in [0.1, 0.15) is 18.6 Å². The largest absolute Gasteiger partial charge is 0.384 e. The minimum atomic E-state index is -0.891. The average Bonchev–Trinajstić information content (AvgIpc) is 2.28. The van der Waals surface area contributed by atoms with Gasteiger partial charge in [0.05, 0.1) is 0 Å². The third kappa shape index (κ3) is 3.22. The Morgan fingerprint density at radius 1 is 1.47 bits per heavy atom. The van der Waals surface area contributed by atoms with Crippen LogP contribution in [0.2, 0.25) is 0 Å². The van der Waals surface area contributed by atoms with E-state index in [0.29, 0.717) is 11.3 Å². The molecule has 0 aliphatic rings. The normalized spacial score (nSPS) is 12.1. The quantitative estimate of drug-likeness (QED) is 0.795. The molecule has 2 nitrogen and oxygen atoms in total. The second-order valence-electron chi connectivity index (χ2n) is 3.06. The predicted octanol–water partition coefficient (Wildman–Crippen LogP) is 2.56. The zero-order valence-electron chi connectivity index (χ0n) is 8.64. The molecule has 0 fully saturated rings. The van der Waals surface area contributed by atoms with E-state index < -0.39 is 6.10 Å². The molecule has 80 valence electrons. The van der Waals surface area contributed by atoms with E-state index in [-0.39, 0.29) is 10.7 Å². The van der Waals surface area contributed by atoms with Crippen LogP contribution < -0.4 is 0 Å². The highest BCUT2D eigenvalue weighted by Crippen LogP contribution is 2.23. The second kappa shape index (κ2) is 5.73. The van der Waals surface area contributed by atoms with Gasteiger partial charge in [-0.1, -0.05) is 55.6 Å². The smallest absolute Gasteiger partial charge is 0.217 e. The molecule has 0 aromatic heterocycles. The van der Waals surface area contributed by atoms with E-state index in [4.69, 9.17) is 0 Å². The fourth-order valence-corrected chi connectivity index (χ4v) is 1.73. The van der Waals surface area contributed by atoms with Crippen molar-refractivity contribution in [1.82, 2.24) is 0 Å². The third-order valence-corrected chi connectivity index (χ3v) is 2.80. The molecule has 1 N–H and O–H groups in total. The lowest BCUT2D eigenvalue weighted by Crippen LogP contribution is -2.07. The number of aliphatic hydroxyl groups is 1. The fourth-order valence-electron chi connectivity index (χ4n) is 1.17. The van der Waals surface area contributed by atoms with Gasteiger partial charge in [-0.15, -0.1) is 0 Å². The van der Waals surface area contributed by atoms with Gasteiger partial charge in [-0.3, -0.25) is 4.79 Å². The Bertz CT molecular complexity index is 346. The number of carbonyl (C=O) groups is 1. The third-order valence-electron chi connectivity index (χ3n) is 1.98. The number of aliphatic hydroxyl groups excluding tert-OH is 1. The van der Waals surface area contributed by atoms with Gasteiger partial charge >= 0.3 is 0 Å². The summed E-state index contributed by atoms with van der Waals surface area (Å²) in [6, 6.07) is 9.06. The van der Waals surface area contributed by atoms with E-state index in [1.54, 1.807) is 12.1 Å². The maximum atomic E-state index is 11.5. The van der Waals surface area contributed by atoms with Gasteiger partial charge in [0.25, 0.3) is 0 Å². The molecule has 15 heavy (non-hydrogen) atoms. The predicted molar refractivity (Wildman–Crippen MR) is 63.7 cm³/mol. The molecule has 0 radical (unpaired) electrons. The number of benzene rings is 1. The van der Waals surface area contributed by atoms with Crippen molar-refractivity contribution in [3.8, 4) is 0 Å². The summed E-state index contributed by atoms with van der Waals surface area (Å²) < 4.78 is 0. The Morgan fingerprint density at radius 2 is 2.07 bits per heavy atom. The lowest BCUT2D eigenvalue weighted by molar-refractivity contribution is -0.108. The van der Waals surface area contributed by atoms with Crippen LogP contribution in [0.3, 0.4) is 0 Å². The van der Waals surface area contributed by atoms with Crippen LogP contribution in [0.25, 0.3) is 0 Å². The highest BCUT2D eigenvalue weighted by molar-refractivity contribution is 8.14. The summed E-state index contributed by atoms with van der Waals surface area (Å²) in [5.41, 5.74) is 0.945. The van der Waals surface area contributed by atoms with Crippen LogP contribution in [-0.4, -0.2) is 16.0 Å². The van der Waals surface area contributed by atoms with Crippen molar-refractivity contribution >= 4 is 16.9 Å². The molecular formula is C12H14O2S. The first kappa shape index (κ1) is 12.0. The van der Waals surface area contributed by atoms with Gasteiger partial charge in [0.2, 0.25) is 5.12 Å². The van der Waals surface area contributed by atoms with Crippen LogP contribution in [0.4, 0.5) is 0 Å². The summed E-state index contributed by atoms with van der Waals surface area (Å²) in [6.07, 6.45) is -0.891. The number of carbonyl (C=O) groups excluding carboxylic acids is 1. The highest BCUT2D eigenvalue weighted by Gasteiger charge is 2.17. The minimum Gasteiger partial charge on any atom is -0.384 e. The minimum absolute atomic E-state index is 0.145.